The molecule has 0 aromatic rings. The van der Waals surface area contributed by atoms with Gasteiger partial charge in [0.2, 0.25) is 0 Å². The van der Waals surface area contributed by atoms with Crippen LogP contribution in [0.4, 0.5) is 0 Å². The molecular weight excluding hydrogens is 544 g/mol. The molecule has 2 nitrogen and oxygen atoms in total. The van der Waals surface area contributed by atoms with Crippen LogP contribution < -0.4 is 0 Å². The zero-order valence-electron chi connectivity index (χ0n) is 31.8. The molecule has 0 aromatic heterocycles. The maximum atomic E-state index is 2.73. The van der Waals surface area contributed by atoms with Crippen LogP contribution >= 0.6 is 0 Å². The smallest absolute Gasteiger partial charge is 0.101 e. The van der Waals surface area contributed by atoms with Crippen LogP contribution in [0.3, 0.4) is 0 Å². The van der Waals surface area contributed by atoms with Crippen molar-refractivity contribution < 1.29 is 0 Å². The van der Waals surface area contributed by atoms with E-state index in [0.717, 1.165) is 0 Å². The minimum atomic E-state index is 0.638. The van der Waals surface area contributed by atoms with E-state index in [4.69, 9.17) is 0 Å². The van der Waals surface area contributed by atoms with E-state index in [0.29, 0.717) is 6.17 Å². The highest BCUT2D eigenvalue weighted by Crippen LogP contribution is 2.24. The van der Waals surface area contributed by atoms with Crippen LogP contribution in [0.1, 0.15) is 245 Å². The van der Waals surface area contributed by atoms with Gasteiger partial charge in [-0.3, -0.25) is 0 Å². The highest BCUT2D eigenvalue weighted by atomic mass is 15.4. The SMILES string of the molecule is CCCCCCCCCCCCCCC1N(CCCCCCCCCCCC)C=CN1CCCCCCCCCCCCCC. The van der Waals surface area contributed by atoms with Gasteiger partial charge in [0.25, 0.3) is 0 Å². The molecule has 268 valence electrons. The van der Waals surface area contributed by atoms with Gasteiger partial charge in [-0.2, -0.15) is 0 Å². The first-order chi connectivity index (χ1) is 22.3. The molecule has 0 N–H and O–H groups in total. The van der Waals surface area contributed by atoms with E-state index < -0.39 is 0 Å². The Morgan fingerprint density at radius 1 is 0.289 bits per heavy atom. The summed E-state index contributed by atoms with van der Waals surface area (Å²) in [6.45, 7) is 9.49. The number of hydrogen-bond acceptors (Lipinski definition) is 2. The van der Waals surface area contributed by atoms with Crippen LogP contribution in [0, 0.1) is 0 Å². The third-order valence-corrected chi connectivity index (χ3v) is 10.6. The minimum absolute atomic E-state index is 0.638. The van der Waals surface area contributed by atoms with E-state index in [1.165, 1.54) is 238 Å². The zero-order chi connectivity index (χ0) is 32.3. The molecule has 1 heterocycles. The van der Waals surface area contributed by atoms with Crippen LogP contribution in [-0.4, -0.2) is 29.1 Å². The van der Waals surface area contributed by atoms with Crippen molar-refractivity contribution in [2.45, 2.75) is 252 Å². The summed E-state index contributed by atoms with van der Waals surface area (Å²) in [4.78, 5) is 5.45. The molecule has 0 aliphatic carbocycles. The summed E-state index contributed by atoms with van der Waals surface area (Å²) in [7, 11) is 0. The highest BCUT2D eigenvalue weighted by molar-refractivity contribution is 4.97. The van der Waals surface area contributed by atoms with E-state index in [2.05, 4.69) is 43.0 Å². The summed E-state index contributed by atoms with van der Waals surface area (Å²) in [5, 5.41) is 0. The molecule has 45 heavy (non-hydrogen) atoms. The van der Waals surface area contributed by atoms with Crippen molar-refractivity contribution in [2.24, 2.45) is 0 Å². The zero-order valence-corrected chi connectivity index (χ0v) is 31.8. The summed E-state index contributed by atoms with van der Waals surface area (Å²) in [6.07, 6.45) is 55.9. The molecule has 1 aliphatic heterocycles. The van der Waals surface area contributed by atoms with Gasteiger partial charge >= 0.3 is 0 Å². The van der Waals surface area contributed by atoms with E-state index in [1.807, 2.05) is 0 Å². The number of nitrogens with zero attached hydrogens (tertiary/aromatic N) is 2. The lowest BCUT2D eigenvalue weighted by Crippen LogP contribution is -2.39. The first-order valence-electron chi connectivity index (χ1n) is 21.5. The summed E-state index contributed by atoms with van der Waals surface area (Å²) in [5.74, 6) is 0. The van der Waals surface area contributed by atoms with Gasteiger partial charge < -0.3 is 9.80 Å². The maximum Gasteiger partial charge on any atom is 0.101 e. The Labute approximate surface area is 286 Å². The largest absolute Gasteiger partial charge is 0.356 e. The minimum Gasteiger partial charge on any atom is -0.356 e. The average Bonchev–Trinajstić information content (AvgIpc) is 3.43. The Bertz CT molecular complexity index is 586. The molecule has 0 aromatic carbocycles. The van der Waals surface area contributed by atoms with E-state index in [-0.39, 0.29) is 0 Å². The molecule has 0 saturated carbocycles. The van der Waals surface area contributed by atoms with Gasteiger partial charge in [0, 0.05) is 25.5 Å². The monoisotopic (exact) mass is 631 g/mol. The van der Waals surface area contributed by atoms with Gasteiger partial charge in [0.15, 0.2) is 0 Å². The topological polar surface area (TPSA) is 6.48 Å². The van der Waals surface area contributed by atoms with Gasteiger partial charge in [0.05, 0.1) is 0 Å². The normalized spacial score (nSPS) is 14.8. The van der Waals surface area contributed by atoms with Crippen LogP contribution in [0.5, 0.6) is 0 Å². The molecule has 1 atom stereocenters. The maximum absolute atomic E-state index is 2.73. The van der Waals surface area contributed by atoms with Gasteiger partial charge in [-0.05, 0) is 25.7 Å². The Balaban J connectivity index is 2.22. The van der Waals surface area contributed by atoms with Crippen molar-refractivity contribution in [1.29, 1.82) is 0 Å². The van der Waals surface area contributed by atoms with Crippen molar-refractivity contribution in [3.05, 3.63) is 12.4 Å². The summed E-state index contributed by atoms with van der Waals surface area (Å²) >= 11 is 0. The predicted octanol–water partition coefficient (Wildman–Crippen LogP) is 15.1. The highest BCUT2D eigenvalue weighted by Gasteiger charge is 2.24. The average molecular weight is 631 g/mol. The summed E-state index contributed by atoms with van der Waals surface area (Å²) in [6, 6.07) is 0. The second-order valence-corrected chi connectivity index (χ2v) is 15.0. The number of hydrogen-bond donors (Lipinski definition) is 0. The molecule has 0 bridgehead atoms. The molecule has 1 unspecified atom stereocenters. The van der Waals surface area contributed by atoms with Gasteiger partial charge in [-0.1, -0.05) is 220 Å². The molecule has 0 spiro atoms. The fourth-order valence-corrected chi connectivity index (χ4v) is 7.42. The van der Waals surface area contributed by atoms with E-state index >= 15 is 0 Å². The van der Waals surface area contributed by atoms with Crippen molar-refractivity contribution >= 4 is 0 Å². The first kappa shape index (κ1) is 42.4. The molecule has 2 heteroatoms. The quantitative estimate of drug-likeness (QED) is 0.0630. The number of unbranched alkanes of at least 4 members (excludes halogenated alkanes) is 31. The van der Waals surface area contributed by atoms with Crippen molar-refractivity contribution in [3.63, 3.8) is 0 Å². The fourth-order valence-electron chi connectivity index (χ4n) is 7.42. The van der Waals surface area contributed by atoms with E-state index in [1.54, 1.807) is 0 Å². The molecule has 0 saturated heterocycles. The third kappa shape index (κ3) is 27.0. The summed E-state index contributed by atoms with van der Waals surface area (Å²) in [5.41, 5.74) is 0. The standard InChI is InChI=1S/C43H86N2/c1-4-7-10-13-16-19-22-24-26-29-32-35-38-43-44(39-36-33-30-27-21-18-15-12-9-6-3)41-42-45(43)40-37-34-31-28-25-23-20-17-14-11-8-5-2/h41-43H,4-40H2,1-3H3. The Hall–Kier alpha value is -0.660. The Morgan fingerprint density at radius 2 is 0.511 bits per heavy atom. The lowest BCUT2D eigenvalue weighted by molar-refractivity contribution is 0.135. The lowest BCUT2D eigenvalue weighted by Gasteiger charge is -2.33. The van der Waals surface area contributed by atoms with Crippen molar-refractivity contribution in [2.75, 3.05) is 13.1 Å². The predicted molar refractivity (Wildman–Crippen MR) is 205 cm³/mol. The third-order valence-electron chi connectivity index (χ3n) is 10.6. The number of rotatable bonds is 37. The van der Waals surface area contributed by atoms with Crippen LogP contribution in [0.15, 0.2) is 12.4 Å². The first-order valence-corrected chi connectivity index (χ1v) is 21.5. The van der Waals surface area contributed by atoms with Crippen LogP contribution in [-0.2, 0) is 0 Å². The lowest BCUT2D eigenvalue weighted by atomic mass is 10.0. The van der Waals surface area contributed by atoms with Crippen LogP contribution in [0.25, 0.3) is 0 Å². The van der Waals surface area contributed by atoms with Crippen LogP contribution in [0.2, 0.25) is 0 Å². The van der Waals surface area contributed by atoms with Gasteiger partial charge in [0.1, 0.15) is 6.17 Å². The van der Waals surface area contributed by atoms with Gasteiger partial charge in [-0.15, -0.1) is 0 Å². The van der Waals surface area contributed by atoms with Crippen molar-refractivity contribution in [3.8, 4) is 0 Å². The Morgan fingerprint density at radius 3 is 0.778 bits per heavy atom. The molecule has 0 amide bonds. The molecular formula is C43H86N2. The fraction of sp³-hybridized carbons (Fsp3) is 0.953. The molecule has 0 fully saturated rings. The van der Waals surface area contributed by atoms with E-state index in [9.17, 15) is 0 Å². The molecule has 1 aliphatic rings. The molecule has 0 radical (unpaired) electrons. The Kier molecular flexibility index (Phi) is 32.6. The molecule has 1 rings (SSSR count). The summed E-state index contributed by atoms with van der Waals surface area (Å²) < 4.78 is 0. The second-order valence-electron chi connectivity index (χ2n) is 15.0. The second kappa shape index (κ2) is 34.7. The van der Waals surface area contributed by atoms with Gasteiger partial charge in [-0.25, -0.2) is 0 Å². The van der Waals surface area contributed by atoms with Crippen molar-refractivity contribution in [1.82, 2.24) is 9.80 Å².